The molecule has 17 heavy (non-hydrogen) atoms. The smallest absolute Gasteiger partial charge is 0.326 e. The maximum Gasteiger partial charge on any atom is 0.326 e. The minimum absolute atomic E-state index is 0.00672. The highest BCUT2D eigenvalue weighted by Crippen LogP contribution is 1.96. The van der Waals surface area contributed by atoms with Gasteiger partial charge < -0.3 is 10.4 Å². The van der Waals surface area contributed by atoms with Crippen LogP contribution in [0.3, 0.4) is 0 Å². The first kappa shape index (κ1) is 12.6. The van der Waals surface area contributed by atoms with Gasteiger partial charge in [0.25, 0.3) is 5.95 Å². The Morgan fingerprint density at radius 2 is 2.29 bits per heavy atom. The van der Waals surface area contributed by atoms with Gasteiger partial charge >= 0.3 is 12.0 Å². The molecule has 0 aliphatic carbocycles. The number of urea groups is 1. The lowest BCUT2D eigenvalue weighted by Gasteiger charge is -2.12. The number of carbonyl (C=O) groups is 2. The number of amides is 2. The van der Waals surface area contributed by atoms with E-state index in [2.05, 4.69) is 32.4 Å². The number of rotatable bonds is 5. The molecule has 1 aromatic heterocycles. The zero-order valence-corrected chi connectivity index (χ0v) is 8.83. The summed E-state index contributed by atoms with van der Waals surface area (Å²) in [5.41, 5.74) is 0. The van der Waals surface area contributed by atoms with Gasteiger partial charge in [-0.05, 0) is 6.42 Å². The number of nitrogens with zero attached hydrogens (tertiary/aromatic N) is 3. The third kappa shape index (κ3) is 4.24. The molecule has 1 atom stereocenters. The molecular weight excluding hydrogens is 226 g/mol. The third-order valence-electron chi connectivity index (χ3n) is 1.71. The van der Waals surface area contributed by atoms with Gasteiger partial charge in [-0.1, -0.05) is 6.08 Å². The normalized spacial score (nSPS) is 11.3. The Morgan fingerprint density at radius 3 is 2.82 bits per heavy atom. The first-order valence-electron chi connectivity index (χ1n) is 4.68. The van der Waals surface area contributed by atoms with Crippen LogP contribution in [0, 0.1) is 0 Å². The molecule has 0 saturated heterocycles. The summed E-state index contributed by atoms with van der Waals surface area (Å²) in [7, 11) is 0. The number of carboxylic acids is 1. The molecule has 1 unspecified atom stereocenters. The summed E-state index contributed by atoms with van der Waals surface area (Å²) in [4.78, 5) is 25.8. The molecule has 1 heterocycles. The molecule has 0 fully saturated rings. The van der Waals surface area contributed by atoms with Gasteiger partial charge in [-0.15, -0.1) is 11.7 Å². The maximum atomic E-state index is 11.4. The molecule has 1 aromatic rings. The van der Waals surface area contributed by atoms with Gasteiger partial charge in [-0.25, -0.2) is 14.6 Å². The van der Waals surface area contributed by atoms with E-state index in [1.54, 1.807) is 0 Å². The third-order valence-corrected chi connectivity index (χ3v) is 1.71. The molecule has 2 amide bonds. The van der Waals surface area contributed by atoms with Crippen LogP contribution in [-0.2, 0) is 4.79 Å². The summed E-state index contributed by atoms with van der Waals surface area (Å²) in [6.45, 7) is 3.40. The van der Waals surface area contributed by atoms with Gasteiger partial charge in [0.05, 0.1) is 12.4 Å². The second-order valence-corrected chi connectivity index (χ2v) is 2.98. The number of carbonyl (C=O) groups excluding carboxylic acids is 1. The Labute approximate surface area is 96.8 Å². The molecule has 8 heteroatoms. The van der Waals surface area contributed by atoms with Gasteiger partial charge in [0.15, 0.2) is 0 Å². The molecule has 0 radical (unpaired) electrons. The molecular formula is C9H11N5O3. The average molecular weight is 237 g/mol. The molecule has 8 nitrogen and oxygen atoms in total. The fraction of sp³-hybridized carbons (Fsp3) is 0.222. The lowest BCUT2D eigenvalue weighted by molar-refractivity contribution is -0.139. The van der Waals surface area contributed by atoms with E-state index in [1.807, 2.05) is 0 Å². The van der Waals surface area contributed by atoms with E-state index in [1.165, 1.54) is 18.5 Å². The number of nitrogens with one attached hydrogen (secondary N) is 2. The Morgan fingerprint density at radius 1 is 1.53 bits per heavy atom. The summed E-state index contributed by atoms with van der Waals surface area (Å²) in [6, 6.07) is -1.75. The average Bonchev–Trinajstić information content (AvgIpc) is 2.29. The van der Waals surface area contributed by atoms with E-state index in [9.17, 15) is 9.59 Å². The van der Waals surface area contributed by atoms with Crippen molar-refractivity contribution < 1.29 is 14.7 Å². The van der Waals surface area contributed by atoms with Crippen molar-refractivity contribution in [3.05, 3.63) is 25.0 Å². The molecule has 0 bridgehead atoms. The van der Waals surface area contributed by atoms with Gasteiger partial charge in [0.2, 0.25) is 0 Å². The Balaban J connectivity index is 2.53. The molecule has 0 spiro atoms. The molecule has 0 aliphatic heterocycles. The number of aliphatic carboxylic acids is 1. The number of hydrogen-bond acceptors (Lipinski definition) is 5. The van der Waals surface area contributed by atoms with Crippen molar-refractivity contribution in [2.24, 2.45) is 0 Å². The summed E-state index contributed by atoms with van der Waals surface area (Å²) in [5.74, 6) is -1.15. The Bertz CT molecular complexity index is 408. The van der Waals surface area contributed by atoms with Crippen molar-refractivity contribution >= 4 is 17.9 Å². The highest BCUT2D eigenvalue weighted by Gasteiger charge is 2.18. The van der Waals surface area contributed by atoms with Crippen LogP contribution >= 0.6 is 0 Å². The first-order chi connectivity index (χ1) is 8.13. The Hall–Kier alpha value is -2.51. The van der Waals surface area contributed by atoms with E-state index in [-0.39, 0.29) is 12.4 Å². The van der Waals surface area contributed by atoms with Crippen molar-refractivity contribution in [3.63, 3.8) is 0 Å². The quantitative estimate of drug-likeness (QED) is 0.621. The highest BCUT2D eigenvalue weighted by atomic mass is 16.4. The summed E-state index contributed by atoms with van der Waals surface area (Å²) in [5, 5.41) is 20.3. The van der Waals surface area contributed by atoms with Crippen molar-refractivity contribution in [3.8, 4) is 0 Å². The van der Waals surface area contributed by atoms with Crippen LogP contribution in [0.15, 0.2) is 25.0 Å². The predicted octanol–water partition coefficient (Wildman–Crippen LogP) is 0.0224. The van der Waals surface area contributed by atoms with Gasteiger partial charge in [-0.3, -0.25) is 5.32 Å². The maximum absolute atomic E-state index is 11.4. The van der Waals surface area contributed by atoms with Crippen LogP contribution in [0.5, 0.6) is 0 Å². The number of anilines is 1. The minimum Gasteiger partial charge on any atom is -0.480 e. The van der Waals surface area contributed by atoms with Crippen LogP contribution in [0.4, 0.5) is 10.7 Å². The van der Waals surface area contributed by atoms with Crippen LogP contribution in [0.25, 0.3) is 0 Å². The van der Waals surface area contributed by atoms with E-state index in [4.69, 9.17) is 5.11 Å². The first-order valence-corrected chi connectivity index (χ1v) is 4.68. The molecule has 90 valence electrons. The molecule has 3 N–H and O–H groups in total. The van der Waals surface area contributed by atoms with Crippen molar-refractivity contribution in [2.75, 3.05) is 5.32 Å². The summed E-state index contributed by atoms with van der Waals surface area (Å²) in [6.07, 6.45) is 4.22. The minimum atomic E-state index is -1.15. The lowest BCUT2D eigenvalue weighted by Crippen LogP contribution is -2.42. The van der Waals surface area contributed by atoms with Crippen LogP contribution in [0.1, 0.15) is 6.42 Å². The molecule has 0 aliphatic rings. The fourth-order valence-electron chi connectivity index (χ4n) is 0.989. The van der Waals surface area contributed by atoms with Crippen LogP contribution < -0.4 is 10.6 Å². The molecule has 0 aromatic carbocycles. The second-order valence-electron chi connectivity index (χ2n) is 2.98. The monoisotopic (exact) mass is 237 g/mol. The van der Waals surface area contributed by atoms with Crippen molar-refractivity contribution in [2.45, 2.75) is 12.5 Å². The number of hydrogen-bond donors (Lipinski definition) is 3. The number of aromatic nitrogens is 3. The van der Waals surface area contributed by atoms with E-state index in [0.29, 0.717) is 0 Å². The zero-order valence-electron chi connectivity index (χ0n) is 8.83. The predicted molar refractivity (Wildman–Crippen MR) is 58.2 cm³/mol. The largest absolute Gasteiger partial charge is 0.480 e. The van der Waals surface area contributed by atoms with E-state index in [0.717, 1.165) is 0 Å². The van der Waals surface area contributed by atoms with Crippen LogP contribution in [0.2, 0.25) is 0 Å². The second kappa shape index (κ2) is 6.16. The van der Waals surface area contributed by atoms with E-state index >= 15 is 0 Å². The SMILES string of the molecule is C=CCC(NC(=O)Nc1nccnn1)C(=O)O. The standard InChI is InChI=1S/C9H11N5O3/c1-2-3-6(7(15)16)12-9(17)13-8-10-4-5-11-14-8/h2,4-6H,1,3H2,(H,15,16)(H2,10,12,13,14,17). The van der Waals surface area contributed by atoms with Crippen molar-refractivity contribution in [1.29, 1.82) is 0 Å². The number of carboxylic acid groups (broad SMARTS) is 1. The highest BCUT2D eigenvalue weighted by molar-refractivity contribution is 5.90. The van der Waals surface area contributed by atoms with Gasteiger partial charge in [0.1, 0.15) is 6.04 Å². The zero-order chi connectivity index (χ0) is 12.7. The summed E-state index contributed by atoms with van der Waals surface area (Å²) < 4.78 is 0. The van der Waals surface area contributed by atoms with Gasteiger partial charge in [-0.2, -0.15) is 5.10 Å². The molecule has 1 rings (SSSR count). The van der Waals surface area contributed by atoms with Crippen molar-refractivity contribution in [1.82, 2.24) is 20.5 Å². The Kier molecular flexibility index (Phi) is 4.55. The summed E-state index contributed by atoms with van der Waals surface area (Å²) >= 11 is 0. The van der Waals surface area contributed by atoms with E-state index < -0.39 is 18.0 Å². The van der Waals surface area contributed by atoms with Crippen LogP contribution in [-0.4, -0.2) is 38.3 Å². The van der Waals surface area contributed by atoms with Gasteiger partial charge in [0, 0.05) is 0 Å². The fourth-order valence-corrected chi connectivity index (χ4v) is 0.989. The molecule has 0 saturated carbocycles. The topological polar surface area (TPSA) is 117 Å². The lowest BCUT2D eigenvalue weighted by atomic mass is 10.2.